The van der Waals surface area contributed by atoms with Crippen molar-refractivity contribution in [2.24, 2.45) is 0 Å². The third kappa shape index (κ3) is 3.80. The summed E-state index contributed by atoms with van der Waals surface area (Å²) in [5, 5.41) is 14.7. The first kappa shape index (κ1) is 15.0. The summed E-state index contributed by atoms with van der Waals surface area (Å²) in [5.41, 5.74) is 1.65. The first-order valence-electron chi connectivity index (χ1n) is 6.35. The Kier molecular flexibility index (Phi) is 4.90. The normalized spacial score (nSPS) is 9.76. The number of halogens is 1. The molecular weight excluding hydrogens is 332 g/mol. The van der Waals surface area contributed by atoms with Crippen LogP contribution in [0.1, 0.15) is 22.8 Å². The molecule has 2 N–H and O–H groups in total. The van der Waals surface area contributed by atoms with Gasteiger partial charge in [0, 0.05) is 22.8 Å². The van der Waals surface area contributed by atoms with Gasteiger partial charge in [0.25, 0.3) is 5.91 Å². The molecule has 0 saturated carbocycles. The Hall–Kier alpha value is -2.39. The number of anilines is 2. The van der Waals surface area contributed by atoms with Crippen LogP contribution in [0, 0.1) is 11.3 Å². The second-order valence-electron chi connectivity index (χ2n) is 4.22. The van der Waals surface area contributed by atoms with Crippen LogP contribution >= 0.6 is 15.9 Å². The molecule has 21 heavy (non-hydrogen) atoms. The van der Waals surface area contributed by atoms with Gasteiger partial charge in [-0.1, -0.05) is 0 Å². The lowest BCUT2D eigenvalue weighted by atomic mass is 10.2. The van der Waals surface area contributed by atoms with Crippen molar-refractivity contribution >= 4 is 33.3 Å². The number of aromatic nitrogens is 1. The predicted molar refractivity (Wildman–Crippen MR) is 85.2 cm³/mol. The molecule has 0 atom stereocenters. The Balaban J connectivity index is 2.18. The van der Waals surface area contributed by atoms with E-state index < -0.39 is 0 Å². The number of nitrogens with one attached hydrogen (secondary N) is 2. The van der Waals surface area contributed by atoms with Crippen LogP contribution in [0.2, 0.25) is 0 Å². The molecule has 106 valence electrons. The summed E-state index contributed by atoms with van der Waals surface area (Å²) >= 11 is 3.34. The number of rotatable bonds is 4. The van der Waals surface area contributed by atoms with Gasteiger partial charge in [-0.2, -0.15) is 5.26 Å². The van der Waals surface area contributed by atoms with Gasteiger partial charge in [-0.3, -0.25) is 4.79 Å². The topological polar surface area (TPSA) is 77.8 Å². The Labute approximate surface area is 131 Å². The minimum atomic E-state index is -0.234. The minimum Gasteiger partial charge on any atom is -0.370 e. The van der Waals surface area contributed by atoms with Crippen LogP contribution in [-0.4, -0.2) is 17.4 Å². The lowest BCUT2D eigenvalue weighted by Gasteiger charge is -2.09. The van der Waals surface area contributed by atoms with Crippen molar-refractivity contribution in [3.05, 3.63) is 52.1 Å². The number of pyridine rings is 1. The molecule has 0 unspecified atom stereocenters. The van der Waals surface area contributed by atoms with Crippen molar-refractivity contribution in [1.82, 2.24) is 4.98 Å². The van der Waals surface area contributed by atoms with E-state index in [1.54, 1.807) is 36.5 Å². The van der Waals surface area contributed by atoms with Crippen LogP contribution in [0.4, 0.5) is 11.5 Å². The number of amides is 1. The Bertz CT molecular complexity index is 709. The predicted octanol–water partition coefficient (Wildman–Crippen LogP) is 3.40. The summed E-state index contributed by atoms with van der Waals surface area (Å²) in [6.45, 7) is 2.70. The van der Waals surface area contributed by atoms with E-state index in [4.69, 9.17) is 5.26 Å². The van der Waals surface area contributed by atoms with E-state index in [1.165, 1.54) is 0 Å². The van der Waals surface area contributed by atoms with Gasteiger partial charge in [0.1, 0.15) is 5.82 Å². The Morgan fingerprint density at radius 2 is 2.19 bits per heavy atom. The van der Waals surface area contributed by atoms with Gasteiger partial charge in [-0.05, 0) is 53.2 Å². The zero-order valence-electron chi connectivity index (χ0n) is 11.4. The van der Waals surface area contributed by atoms with Gasteiger partial charge in [0.15, 0.2) is 0 Å². The van der Waals surface area contributed by atoms with Gasteiger partial charge in [0.2, 0.25) is 0 Å². The fraction of sp³-hybridized carbons (Fsp3) is 0.133. The first-order chi connectivity index (χ1) is 10.1. The maximum Gasteiger partial charge on any atom is 0.255 e. The minimum absolute atomic E-state index is 0.234. The van der Waals surface area contributed by atoms with E-state index in [1.807, 2.05) is 13.0 Å². The molecule has 5 nitrogen and oxygen atoms in total. The molecule has 1 amide bonds. The average Bonchev–Trinajstić information content (AvgIpc) is 2.50. The number of hydrogen-bond donors (Lipinski definition) is 2. The molecule has 0 saturated heterocycles. The fourth-order valence-corrected chi connectivity index (χ4v) is 2.21. The highest BCUT2D eigenvalue weighted by Gasteiger charge is 2.09. The maximum atomic E-state index is 12.2. The molecular formula is C15H13BrN4O. The molecule has 0 aliphatic rings. The number of carbonyl (C=O) groups excluding carboxylic acids is 1. The molecule has 1 aromatic carbocycles. The lowest BCUT2D eigenvalue weighted by molar-refractivity contribution is 0.102. The van der Waals surface area contributed by atoms with Gasteiger partial charge in [-0.25, -0.2) is 4.98 Å². The second-order valence-corrected chi connectivity index (χ2v) is 5.07. The largest absolute Gasteiger partial charge is 0.370 e. The van der Waals surface area contributed by atoms with E-state index in [0.717, 1.165) is 6.54 Å². The van der Waals surface area contributed by atoms with Crippen molar-refractivity contribution in [2.45, 2.75) is 6.92 Å². The second kappa shape index (κ2) is 6.86. The Morgan fingerprint density at radius 3 is 2.86 bits per heavy atom. The summed E-state index contributed by atoms with van der Waals surface area (Å²) in [6, 6.07) is 10.4. The van der Waals surface area contributed by atoms with E-state index in [2.05, 4.69) is 31.5 Å². The number of benzene rings is 1. The van der Waals surface area contributed by atoms with E-state index >= 15 is 0 Å². The highest BCUT2D eigenvalue weighted by Crippen LogP contribution is 2.24. The fourth-order valence-electron chi connectivity index (χ4n) is 1.73. The quantitative estimate of drug-likeness (QED) is 0.890. The molecule has 2 aromatic rings. The van der Waals surface area contributed by atoms with Gasteiger partial charge in [0.05, 0.1) is 17.3 Å². The molecule has 0 fully saturated rings. The van der Waals surface area contributed by atoms with Crippen molar-refractivity contribution in [2.75, 3.05) is 17.2 Å². The summed E-state index contributed by atoms with van der Waals surface area (Å²) < 4.78 is 0.663. The average molecular weight is 345 g/mol. The molecule has 0 aliphatic carbocycles. The maximum absolute atomic E-state index is 12.2. The summed E-state index contributed by atoms with van der Waals surface area (Å²) in [6.07, 6.45) is 1.58. The van der Waals surface area contributed by atoms with Crippen molar-refractivity contribution < 1.29 is 4.79 Å². The summed E-state index contributed by atoms with van der Waals surface area (Å²) in [5.74, 6) is 0.422. The van der Waals surface area contributed by atoms with E-state index in [9.17, 15) is 4.79 Å². The summed E-state index contributed by atoms with van der Waals surface area (Å²) in [4.78, 5) is 16.3. The molecule has 0 radical (unpaired) electrons. The monoisotopic (exact) mass is 344 g/mol. The highest BCUT2D eigenvalue weighted by molar-refractivity contribution is 9.10. The van der Waals surface area contributed by atoms with Gasteiger partial charge >= 0.3 is 0 Å². The van der Waals surface area contributed by atoms with Crippen LogP contribution in [-0.2, 0) is 0 Å². The van der Waals surface area contributed by atoms with Crippen LogP contribution in [0.5, 0.6) is 0 Å². The zero-order valence-corrected chi connectivity index (χ0v) is 12.9. The van der Waals surface area contributed by atoms with Crippen LogP contribution < -0.4 is 10.6 Å². The zero-order chi connectivity index (χ0) is 15.2. The third-order valence-electron chi connectivity index (χ3n) is 2.73. The number of nitriles is 1. The van der Waals surface area contributed by atoms with Gasteiger partial charge < -0.3 is 10.6 Å². The smallest absolute Gasteiger partial charge is 0.255 e. The molecule has 0 aliphatic heterocycles. The van der Waals surface area contributed by atoms with Crippen molar-refractivity contribution in [3.8, 4) is 6.07 Å². The lowest BCUT2D eigenvalue weighted by Crippen LogP contribution is -2.13. The first-order valence-corrected chi connectivity index (χ1v) is 7.14. The number of hydrogen-bond acceptors (Lipinski definition) is 4. The van der Waals surface area contributed by atoms with Crippen molar-refractivity contribution in [3.63, 3.8) is 0 Å². The molecule has 6 heteroatoms. The van der Waals surface area contributed by atoms with Crippen LogP contribution in [0.15, 0.2) is 41.0 Å². The standard InChI is InChI=1S/C15H13BrN4O/c1-2-18-14-8-11(5-6-19-14)15(21)20-13-4-3-10(9-17)7-12(13)16/h3-8H,2H2,1H3,(H,18,19)(H,20,21). The van der Waals surface area contributed by atoms with E-state index in [0.29, 0.717) is 27.1 Å². The summed E-state index contributed by atoms with van der Waals surface area (Å²) in [7, 11) is 0. The number of carbonyl (C=O) groups is 1. The number of nitrogens with zero attached hydrogens (tertiary/aromatic N) is 2. The third-order valence-corrected chi connectivity index (χ3v) is 3.38. The van der Waals surface area contributed by atoms with E-state index in [-0.39, 0.29) is 5.91 Å². The molecule has 0 spiro atoms. The molecule has 1 heterocycles. The molecule has 0 bridgehead atoms. The van der Waals surface area contributed by atoms with Crippen molar-refractivity contribution in [1.29, 1.82) is 5.26 Å². The van der Waals surface area contributed by atoms with Crippen LogP contribution in [0.3, 0.4) is 0 Å². The Morgan fingerprint density at radius 1 is 1.38 bits per heavy atom. The van der Waals surface area contributed by atoms with Crippen LogP contribution in [0.25, 0.3) is 0 Å². The molecule has 1 aromatic heterocycles. The SMILES string of the molecule is CCNc1cc(C(=O)Nc2ccc(C#N)cc2Br)ccn1. The molecule has 2 rings (SSSR count). The highest BCUT2D eigenvalue weighted by atomic mass is 79.9. The van der Waals surface area contributed by atoms with Gasteiger partial charge in [-0.15, -0.1) is 0 Å².